The van der Waals surface area contributed by atoms with Crippen LogP contribution in [0.2, 0.25) is 0 Å². The second-order valence-electron chi connectivity index (χ2n) is 11.3. The summed E-state index contributed by atoms with van der Waals surface area (Å²) < 4.78 is 30.8. The van der Waals surface area contributed by atoms with Crippen molar-refractivity contribution in [1.29, 1.82) is 0 Å². The molecule has 1 N–H and O–H groups in total. The Kier molecular flexibility index (Phi) is 3.50. The van der Waals surface area contributed by atoms with Crippen molar-refractivity contribution in [2.45, 2.75) is 93.6 Å². The quantitative estimate of drug-likeness (QED) is 0.521. The lowest BCUT2D eigenvalue weighted by atomic mass is 9.52. The Hall–Kier alpha value is -0.500. The fourth-order valence-corrected chi connectivity index (χ4v) is 8.85. The first-order valence-electron chi connectivity index (χ1n) is 12.0. The first-order valence-corrected chi connectivity index (χ1v) is 12.0. The molecule has 7 aliphatic rings. The van der Waals surface area contributed by atoms with Crippen LogP contribution in [0.3, 0.4) is 0 Å². The number of allylic oxidation sites excluding steroid dienone is 1. The fourth-order valence-electron chi connectivity index (χ4n) is 8.85. The number of hydrogen-bond acceptors (Lipinski definition) is 6. The molecule has 3 aliphatic heterocycles. The summed E-state index contributed by atoms with van der Waals surface area (Å²) in [6.45, 7) is 6.76. The van der Waals surface area contributed by atoms with E-state index in [9.17, 15) is 5.11 Å². The van der Waals surface area contributed by atoms with Crippen LogP contribution in [0.25, 0.3) is 0 Å². The number of ether oxygens (including phenoxy) is 5. The summed E-state index contributed by atoms with van der Waals surface area (Å²) in [5.41, 5.74) is 0.126. The number of epoxide rings is 1. The highest BCUT2D eigenvalue weighted by atomic mass is 16.8. The topological polar surface area (TPSA) is 69.7 Å². The van der Waals surface area contributed by atoms with Gasteiger partial charge < -0.3 is 28.8 Å². The lowest BCUT2D eigenvalue weighted by Gasteiger charge is -2.55. The van der Waals surface area contributed by atoms with Gasteiger partial charge in [-0.25, -0.2) is 0 Å². The first-order chi connectivity index (χ1) is 14.3. The number of rotatable bonds is 1. The molecule has 4 aliphatic carbocycles. The molecule has 0 radical (unpaired) electrons. The molecule has 3 saturated heterocycles. The highest BCUT2D eigenvalue weighted by Crippen LogP contribution is 2.74. The Morgan fingerprint density at radius 1 is 0.900 bits per heavy atom. The molecular formula is C24H34O6. The SMILES string of the molecule is CC1([C@@]2(O)CC[C@H]3[C@@H]4CCC56CC7(CC[C@]5(O6)C4=CC[C@@]32C)OCCO7)OCCO1. The van der Waals surface area contributed by atoms with Gasteiger partial charge in [0.2, 0.25) is 0 Å². The normalized spacial score (nSPS) is 54.8. The highest BCUT2D eigenvalue weighted by Gasteiger charge is 2.80. The smallest absolute Gasteiger partial charge is 0.195 e. The zero-order chi connectivity index (χ0) is 20.5. The Morgan fingerprint density at radius 3 is 2.40 bits per heavy atom. The average molecular weight is 419 g/mol. The van der Waals surface area contributed by atoms with Crippen LogP contribution < -0.4 is 0 Å². The second kappa shape index (κ2) is 5.52. The molecule has 3 saturated carbocycles. The largest absolute Gasteiger partial charge is 0.384 e. The van der Waals surface area contributed by atoms with Gasteiger partial charge >= 0.3 is 0 Å². The predicted molar refractivity (Wildman–Crippen MR) is 107 cm³/mol. The van der Waals surface area contributed by atoms with Gasteiger partial charge in [-0.2, -0.15) is 0 Å². The molecule has 0 aromatic heterocycles. The maximum atomic E-state index is 12.0. The molecular weight excluding hydrogens is 384 g/mol. The molecule has 1 unspecified atom stereocenters. The van der Waals surface area contributed by atoms with E-state index in [0.29, 0.717) is 38.3 Å². The van der Waals surface area contributed by atoms with Crippen LogP contribution in [0.5, 0.6) is 0 Å². The lowest BCUT2D eigenvalue weighted by Crippen LogP contribution is -2.62. The van der Waals surface area contributed by atoms with E-state index in [1.54, 1.807) is 0 Å². The maximum absolute atomic E-state index is 12.0. The van der Waals surface area contributed by atoms with E-state index in [1.165, 1.54) is 5.57 Å². The lowest BCUT2D eigenvalue weighted by molar-refractivity contribution is -0.293. The van der Waals surface area contributed by atoms with Crippen molar-refractivity contribution in [2.75, 3.05) is 26.4 Å². The van der Waals surface area contributed by atoms with Crippen molar-refractivity contribution < 1.29 is 28.8 Å². The molecule has 6 heteroatoms. The third-order valence-electron chi connectivity index (χ3n) is 10.4. The second-order valence-corrected chi connectivity index (χ2v) is 11.3. The van der Waals surface area contributed by atoms with Crippen molar-refractivity contribution in [3.63, 3.8) is 0 Å². The van der Waals surface area contributed by atoms with Gasteiger partial charge in [0.25, 0.3) is 0 Å². The number of hydrogen-bond donors (Lipinski definition) is 1. The zero-order valence-electron chi connectivity index (χ0n) is 18.2. The third-order valence-corrected chi connectivity index (χ3v) is 10.4. The van der Waals surface area contributed by atoms with Gasteiger partial charge in [0.1, 0.15) is 16.8 Å². The van der Waals surface area contributed by atoms with Crippen molar-refractivity contribution in [1.82, 2.24) is 0 Å². The molecule has 1 spiro atoms. The van der Waals surface area contributed by atoms with Crippen LogP contribution in [-0.4, -0.2) is 59.9 Å². The van der Waals surface area contributed by atoms with Crippen LogP contribution in [0.1, 0.15) is 65.2 Å². The van der Waals surface area contributed by atoms with Gasteiger partial charge in [0.05, 0.1) is 26.4 Å². The fraction of sp³-hybridized carbons (Fsp3) is 0.917. The summed E-state index contributed by atoms with van der Waals surface area (Å²) in [5.74, 6) is -0.379. The van der Waals surface area contributed by atoms with Crippen LogP contribution in [0, 0.1) is 17.3 Å². The van der Waals surface area contributed by atoms with Gasteiger partial charge in [-0.3, -0.25) is 0 Å². The summed E-state index contributed by atoms with van der Waals surface area (Å²) in [5, 5.41) is 12.0. The molecule has 0 bridgehead atoms. The van der Waals surface area contributed by atoms with Crippen molar-refractivity contribution >= 4 is 0 Å². The van der Waals surface area contributed by atoms with Crippen LogP contribution in [0.4, 0.5) is 0 Å². The Balaban J connectivity index is 1.23. The minimum atomic E-state index is -0.956. The van der Waals surface area contributed by atoms with Crippen molar-refractivity contribution in [3.05, 3.63) is 11.6 Å². The molecule has 6 nitrogen and oxygen atoms in total. The van der Waals surface area contributed by atoms with Gasteiger partial charge in [0, 0.05) is 18.3 Å². The summed E-state index contributed by atoms with van der Waals surface area (Å²) >= 11 is 0. The molecule has 6 fully saturated rings. The predicted octanol–water partition coefficient (Wildman–Crippen LogP) is 3.07. The standard InChI is InChI=1S/C24H34O6/c1-19-6-4-18-16(17(19)5-8-24(19,25)20(2)26-11-12-27-20)3-7-21-15-22(28-13-14-29-22)9-10-23(18,21)30-21/h4,16-17,25H,3,5-15H2,1-2H3/t16-,17-,19-,21?,23-,24+/m0/s1. The van der Waals surface area contributed by atoms with E-state index in [4.69, 9.17) is 23.7 Å². The van der Waals surface area contributed by atoms with E-state index >= 15 is 0 Å². The van der Waals surface area contributed by atoms with Crippen LogP contribution >= 0.6 is 0 Å². The highest BCUT2D eigenvalue weighted by molar-refractivity contribution is 5.43. The first kappa shape index (κ1) is 19.0. The molecule has 3 heterocycles. The minimum Gasteiger partial charge on any atom is -0.384 e. The van der Waals surface area contributed by atoms with E-state index in [-0.39, 0.29) is 16.6 Å². The Labute approximate surface area is 178 Å². The Bertz CT molecular complexity index is 813. The van der Waals surface area contributed by atoms with E-state index in [0.717, 1.165) is 51.4 Å². The van der Waals surface area contributed by atoms with Crippen molar-refractivity contribution in [2.24, 2.45) is 17.3 Å². The maximum Gasteiger partial charge on any atom is 0.195 e. The monoisotopic (exact) mass is 418 g/mol. The molecule has 0 amide bonds. The summed E-state index contributed by atoms with van der Waals surface area (Å²) in [4.78, 5) is 0. The summed E-state index contributed by atoms with van der Waals surface area (Å²) in [7, 11) is 0. The van der Waals surface area contributed by atoms with Gasteiger partial charge in [-0.15, -0.1) is 0 Å². The number of fused-ring (bicyclic) bond motifs is 3. The van der Waals surface area contributed by atoms with Crippen LogP contribution in [-0.2, 0) is 23.7 Å². The van der Waals surface area contributed by atoms with E-state index in [2.05, 4.69) is 13.0 Å². The Morgan fingerprint density at radius 2 is 1.63 bits per heavy atom. The van der Waals surface area contributed by atoms with Gasteiger partial charge in [0.15, 0.2) is 11.6 Å². The molecule has 6 atom stereocenters. The average Bonchev–Trinajstić information content (AvgIpc) is 3.04. The van der Waals surface area contributed by atoms with Gasteiger partial charge in [-0.1, -0.05) is 13.0 Å². The van der Waals surface area contributed by atoms with Crippen molar-refractivity contribution in [3.8, 4) is 0 Å². The molecule has 0 aromatic rings. The molecule has 166 valence electrons. The minimum absolute atomic E-state index is 0.0930. The van der Waals surface area contributed by atoms with E-state index < -0.39 is 17.2 Å². The number of aliphatic hydroxyl groups is 1. The van der Waals surface area contributed by atoms with E-state index in [1.807, 2.05) is 6.92 Å². The molecule has 7 rings (SSSR count). The zero-order valence-corrected chi connectivity index (χ0v) is 18.2. The van der Waals surface area contributed by atoms with Gasteiger partial charge in [-0.05, 0) is 62.9 Å². The summed E-state index contributed by atoms with van der Waals surface area (Å²) in [6, 6.07) is 0. The summed E-state index contributed by atoms with van der Waals surface area (Å²) in [6.07, 6.45) is 10.0. The third kappa shape index (κ3) is 1.95. The molecule has 0 aromatic carbocycles. The molecule has 30 heavy (non-hydrogen) atoms. The van der Waals surface area contributed by atoms with Crippen LogP contribution in [0.15, 0.2) is 11.6 Å².